The van der Waals surface area contributed by atoms with Crippen molar-refractivity contribution < 1.29 is 9.50 Å². The zero-order chi connectivity index (χ0) is 19.7. The second kappa shape index (κ2) is 7.49. The Bertz CT molecular complexity index is 979. The Hall–Kier alpha value is -2.50. The average Bonchev–Trinajstić information content (AvgIpc) is 3.05. The minimum absolute atomic E-state index is 0.269. The summed E-state index contributed by atoms with van der Waals surface area (Å²) in [7, 11) is 0. The summed E-state index contributed by atoms with van der Waals surface area (Å²) in [4.78, 5) is 2.25. The van der Waals surface area contributed by atoms with Crippen LogP contribution in [0.15, 0.2) is 54.7 Å². The molecule has 1 aromatic heterocycles. The molecule has 0 spiro atoms. The molecule has 5 heteroatoms. The summed E-state index contributed by atoms with van der Waals surface area (Å²) in [5, 5.41) is 15.2. The standard InChI is InChI=1S/C23H26FN3O/c1-17-6-3-9-21(12-17)27-15-19(14-26-11-5-10-23(2,28)16-26)22(25-27)18-7-4-8-20(24)13-18/h3-4,6-9,12-13,15,28H,5,10-11,14,16H2,1-2H3. The summed E-state index contributed by atoms with van der Waals surface area (Å²) in [6, 6.07) is 14.7. The number of β-amino-alcohol motifs (C(OH)–C–C–N with tert-alkyl or cyclic N) is 1. The van der Waals surface area contributed by atoms with Crippen molar-refractivity contribution in [3.63, 3.8) is 0 Å². The second-order valence-corrected chi connectivity index (χ2v) is 8.11. The van der Waals surface area contributed by atoms with Crippen LogP contribution in [0.3, 0.4) is 0 Å². The number of aryl methyl sites for hydroxylation is 1. The van der Waals surface area contributed by atoms with Crippen LogP contribution in [-0.2, 0) is 6.54 Å². The third-order valence-corrected chi connectivity index (χ3v) is 5.30. The van der Waals surface area contributed by atoms with Crippen molar-refractivity contribution in [2.24, 2.45) is 0 Å². The van der Waals surface area contributed by atoms with Crippen LogP contribution in [0.5, 0.6) is 0 Å². The fourth-order valence-electron chi connectivity index (χ4n) is 4.01. The van der Waals surface area contributed by atoms with Gasteiger partial charge in [0.1, 0.15) is 5.82 Å². The molecule has 4 nitrogen and oxygen atoms in total. The van der Waals surface area contributed by atoms with E-state index in [-0.39, 0.29) is 5.82 Å². The number of benzene rings is 2. The van der Waals surface area contributed by atoms with Crippen molar-refractivity contribution in [1.29, 1.82) is 0 Å². The van der Waals surface area contributed by atoms with Gasteiger partial charge >= 0.3 is 0 Å². The van der Waals surface area contributed by atoms with Gasteiger partial charge in [0.2, 0.25) is 0 Å². The molecule has 1 aliphatic heterocycles. The van der Waals surface area contributed by atoms with Crippen molar-refractivity contribution >= 4 is 0 Å². The van der Waals surface area contributed by atoms with Crippen molar-refractivity contribution in [3.05, 3.63) is 71.7 Å². The number of rotatable bonds is 4. The van der Waals surface area contributed by atoms with Gasteiger partial charge in [-0.25, -0.2) is 9.07 Å². The van der Waals surface area contributed by atoms with Crippen LogP contribution in [0.1, 0.15) is 30.9 Å². The van der Waals surface area contributed by atoms with Crippen LogP contribution in [0.4, 0.5) is 4.39 Å². The monoisotopic (exact) mass is 379 g/mol. The summed E-state index contributed by atoms with van der Waals surface area (Å²) >= 11 is 0. The SMILES string of the molecule is Cc1cccc(-n2cc(CN3CCCC(C)(O)C3)c(-c3cccc(F)c3)n2)c1. The molecule has 1 unspecified atom stereocenters. The molecular formula is C23H26FN3O. The van der Waals surface area contributed by atoms with Gasteiger partial charge in [0, 0.05) is 30.4 Å². The molecule has 146 valence electrons. The molecule has 0 bridgehead atoms. The zero-order valence-electron chi connectivity index (χ0n) is 16.4. The van der Waals surface area contributed by atoms with E-state index in [0.29, 0.717) is 13.1 Å². The van der Waals surface area contributed by atoms with Gasteiger partial charge < -0.3 is 5.11 Å². The average molecular weight is 379 g/mol. The molecule has 2 aromatic carbocycles. The van der Waals surface area contributed by atoms with E-state index >= 15 is 0 Å². The van der Waals surface area contributed by atoms with Crippen LogP contribution in [0.2, 0.25) is 0 Å². The first kappa shape index (κ1) is 18.8. The molecule has 0 aliphatic carbocycles. The van der Waals surface area contributed by atoms with Gasteiger partial charge in [-0.1, -0.05) is 24.3 Å². The lowest BCUT2D eigenvalue weighted by atomic mass is 9.94. The minimum Gasteiger partial charge on any atom is -0.389 e. The largest absolute Gasteiger partial charge is 0.389 e. The Labute approximate surface area is 165 Å². The molecule has 1 saturated heterocycles. The van der Waals surface area contributed by atoms with Gasteiger partial charge in [-0.05, 0) is 63.1 Å². The van der Waals surface area contributed by atoms with E-state index in [0.717, 1.165) is 47.5 Å². The van der Waals surface area contributed by atoms with Crippen LogP contribution in [0, 0.1) is 12.7 Å². The highest BCUT2D eigenvalue weighted by Crippen LogP contribution is 2.28. The first-order chi connectivity index (χ1) is 13.4. The van der Waals surface area contributed by atoms with Crippen molar-refractivity contribution in [1.82, 2.24) is 14.7 Å². The zero-order valence-corrected chi connectivity index (χ0v) is 16.4. The molecule has 3 aromatic rings. The minimum atomic E-state index is -0.663. The van der Waals surface area contributed by atoms with Gasteiger partial charge in [0.05, 0.1) is 17.0 Å². The molecular weight excluding hydrogens is 353 g/mol. The van der Waals surface area contributed by atoms with Gasteiger partial charge in [-0.15, -0.1) is 0 Å². The van der Waals surface area contributed by atoms with Crippen LogP contribution < -0.4 is 0 Å². The summed E-state index contributed by atoms with van der Waals surface area (Å²) in [5.41, 5.74) is 4.06. The van der Waals surface area contributed by atoms with Crippen molar-refractivity contribution in [2.45, 2.75) is 38.8 Å². The van der Waals surface area contributed by atoms with E-state index in [4.69, 9.17) is 5.10 Å². The maximum absolute atomic E-state index is 13.8. The van der Waals surface area contributed by atoms with E-state index in [1.807, 2.05) is 36.0 Å². The van der Waals surface area contributed by atoms with Crippen LogP contribution >= 0.6 is 0 Å². The third-order valence-electron chi connectivity index (χ3n) is 5.30. The predicted molar refractivity (Wildman–Crippen MR) is 109 cm³/mol. The molecule has 28 heavy (non-hydrogen) atoms. The molecule has 1 N–H and O–H groups in total. The lowest BCUT2D eigenvalue weighted by Gasteiger charge is -2.36. The maximum Gasteiger partial charge on any atom is 0.123 e. The first-order valence-corrected chi connectivity index (χ1v) is 9.76. The molecule has 0 radical (unpaired) electrons. The van der Waals surface area contributed by atoms with Crippen molar-refractivity contribution in [3.8, 4) is 16.9 Å². The van der Waals surface area contributed by atoms with E-state index in [9.17, 15) is 9.50 Å². The fourth-order valence-corrected chi connectivity index (χ4v) is 4.01. The van der Waals surface area contributed by atoms with E-state index in [2.05, 4.69) is 24.0 Å². The van der Waals surface area contributed by atoms with Crippen molar-refractivity contribution in [2.75, 3.05) is 13.1 Å². The van der Waals surface area contributed by atoms with Gasteiger partial charge in [-0.2, -0.15) is 5.10 Å². The Morgan fingerprint density at radius 1 is 1.18 bits per heavy atom. The molecule has 1 aliphatic rings. The van der Waals surface area contributed by atoms with Gasteiger partial charge in [0.25, 0.3) is 0 Å². The normalized spacial score (nSPS) is 20.4. The number of hydrogen-bond donors (Lipinski definition) is 1. The topological polar surface area (TPSA) is 41.3 Å². The fraction of sp³-hybridized carbons (Fsp3) is 0.348. The third kappa shape index (κ3) is 4.16. The highest BCUT2D eigenvalue weighted by molar-refractivity contribution is 5.63. The van der Waals surface area contributed by atoms with Gasteiger partial charge in [0.15, 0.2) is 0 Å². The quantitative estimate of drug-likeness (QED) is 0.733. The second-order valence-electron chi connectivity index (χ2n) is 8.11. The predicted octanol–water partition coefficient (Wildman–Crippen LogP) is 4.33. The number of hydrogen-bond acceptors (Lipinski definition) is 3. The molecule has 2 heterocycles. The molecule has 0 amide bonds. The van der Waals surface area contributed by atoms with Crippen LogP contribution in [-0.4, -0.2) is 38.5 Å². The molecule has 4 rings (SSSR count). The molecule has 1 atom stereocenters. The summed E-state index contributed by atoms with van der Waals surface area (Å²) in [5.74, 6) is -0.269. The first-order valence-electron chi connectivity index (χ1n) is 9.76. The number of aliphatic hydroxyl groups is 1. The Morgan fingerprint density at radius 2 is 2.00 bits per heavy atom. The summed E-state index contributed by atoms with van der Waals surface area (Å²) in [6.45, 7) is 6.19. The van der Waals surface area contributed by atoms with E-state index < -0.39 is 5.60 Å². The highest BCUT2D eigenvalue weighted by Gasteiger charge is 2.29. The summed E-state index contributed by atoms with van der Waals surface area (Å²) < 4.78 is 15.7. The highest BCUT2D eigenvalue weighted by atomic mass is 19.1. The van der Waals surface area contributed by atoms with Crippen LogP contribution in [0.25, 0.3) is 16.9 Å². The lowest BCUT2D eigenvalue weighted by molar-refractivity contribution is -0.0181. The Balaban J connectivity index is 1.72. The Kier molecular flexibility index (Phi) is 5.04. The number of aromatic nitrogens is 2. The molecule has 1 fully saturated rings. The molecule has 0 saturated carbocycles. The Morgan fingerprint density at radius 3 is 2.75 bits per heavy atom. The smallest absolute Gasteiger partial charge is 0.123 e. The van der Waals surface area contributed by atoms with Gasteiger partial charge in [-0.3, -0.25) is 4.90 Å². The number of piperidine rings is 1. The number of likely N-dealkylation sites (tertiary alicyclic amines) is 1. The summed E-state index contributed by atoms with van der Waals surface area (Å²) in [6.07, 6.45) is 3.81. The van der Waals surface area contributed by atoms with E-state index in [1.54, 1.807) is 6.07 Å². The number of nitrogens with zero attached hydrogens (tertiary/aromatic N) is 3. The maximum atomic E-state index is 13.8. The van der Waals surface area contributed by atoms with E-state index in [1.165, 1.54) is 12.1 Å². The lowest BCUT2D eigenvalue weighted by Crippen LogP contribution is -2.45. The number of halogens is 1.